The first-order valence-electron chi connectivity index (χ1n) is 24.7. The molecule has 10 aromatic rings. The molecule has 0 bridgehead atoms. The summed E-state index contributed by atoms with van der Waals surface area (Å²) in [6.07, 6.45) is 7.85. The zero-order valence-electron chi connectivity index (χ0n) is 40.2. The van der Waals surface area contributed by atoms with Crippen LogP contribution in [0.1, 0.15) is 71.9 Å². The van der Waals surface area contributed by atoms with Crippen molar-refractivity contribution in [1.82, 2.24) is 9.97 Å². The van der Waals surface area contributed by atoms with E-state index in [1.54, 1.807) is 6.20 Å². The summed E-state index contributed by atoms with van der Waals surface area (Å²) in [4.78, 5) is 11.2. The quantitative estimate of drug-likeness (QED) is 0.121. The van der Waals surface area contributed by atoms with Crippen molar-refractivity contribution in [3.05, 3.63) is 282 Å². The molecule has 3 nitrogen and oxygen atoms in total. The number of hydrogen-bond donors (Lipinski definition) is 0. The Bertz CT molecular complexity index is 3250. The largest absolute Gasteiger partial charge is 0.311 e. The number of anilines is 3. The molecule has 71 heavy (non-hydrogen) atoms. The molecule has 1 radical (unpaired) electrons. The topological polar surface area (TPSA) is 29.0 Å². The average Bonchev–Trinajstić information content (AvgIpc) is 3.96. The molecule has 0 saturated carbocycles. The maximum absolute atomic E-state index is 4.62. The first-order valence-corrected chi connectivity index (χ1v) is 24.7. The third-order valence-corrected chi connectivity index (χ3v) is 14.6. The van der Waals surface area contributed by atoms with E-state index >= 15 is 0 Å². The van der Waals surface area contributed by atoms with E-state index in [9.17, 15) is 0 Å². The van der Waals surface area contributed by atoms with Crippen molar-refractivity contribution in [2.24, 2.45) is 0 Å². The molecule has 2 heterocycles. The van der Waals surface area contributed by atoms with E-state index in [0.717, 1.165) is 59.6 Å². The van der Waals surface area contributed by atoms with Crippen molar-refractivity contribution < 1.29 is 20.1 Å². The molecule has 2 aromatic heterocycles. The molecule has 12 rings (SSSR count). The van der Waals surface area contributed by atoms with Crippen molar-refractivity contribution in [1.29, 1.82) is 0 Å². The summed E-state index contributed by atoms with van der Waals surface area (Å²) in [5.74, 6) is 0.916. The third-order valence-electron chi connectivity index (χ3n) is 14.6. The zero-order chi connectivity index (χ0) is 47.3. The van der Waals surface area contributed by atoms with Gasteiger partial charge in [0.15, 0.2) is 0 Å². The van der Waals surface area contributed by atoms with Gasteiger partial charge in [-0.2, -0.15) is 0 Å². The first kappa shape index (κ1) is 47.2. The second kappa shape index (κ2) is 21.2. The number of hydrogen-bond acceptors (Lipinski definition) is 3. The van der Waals surface area contributed by atoms with Gasteiger partial charge in [0.25, 0.3) is 0 Å². The standard InChI is InChI=1S/C56H47N2.C11H8N.Ir/c1-3-40(34-39(2)41-27-30-50(31-28-41)58(48-14-6-4-7-15-48)49-16-8-5-9-17-49)42-21-23-43(24-22-42)44-29-32-52-51-18-10-11-19-53(51)56(54(52)36-44)37-46-26-25-45(35-47(46)38-56)55-20-12-13-33-57-55;1-2-6-10(7-3-1)11-8-4-5-9-12-11;/h4-24,26-33,35-36,39-40H,3,34,37-38H2,1-2H3;1-6,8-9H;/q2*-1;. The fourth-order valence-electron chi connectivity index (χ4n) is 11.0. The normalized spacial score (nSPS) is 14.7. The molecule has 0 amide bonds. The smallest absolute Gasteiger partial charge is 0.0461 e. The monoisotopic (exact) mass is 1090 g/mol. The van der Waals surface area contributed by atoms with Crippen LogP contribution in [0.4, 0.5) is 17.1 Å². The van der Waals surface area contributed by atoms with Crippen molar-refractivity contribution in [3.63, 3.8) is 0 Å². The zero-order valence-corrected chi connectivity index (χ0v) is 42.6. The predicted molar refractivity (Wildman–Crippen MR) is 290 cm³/mol. The van der Waals surface area contributed by atoms with E-state index < -0.39 is 0 Å². The Morgan fingerprint density at radius 2 is 1.08 bits per heavy atom. The van der Waals surface area contributed by atoms with Gasteiger partial charge in [0.2, 0.25) is 0 Å². The molecule has 4 heteroatoms. The maximum Gasteiger partial charge on any atom is 0.0461 e. The van der Waals surface area contributed by atoms with Gasteiger partial charge < -0.3 is 14.9 Å². The molecule has 0 saturated heterocycles. The molecule has 8 aromatic carbocycles. The summed E-state index contributed by atoms with van der Waals surface area (Å²) in [6, 6.07) is 87.3. The number of para-hydroxylation sites is 2. The fourth-order valence-corrected chi connectivity index (χ4v) is 11.0. The molecule has 0 aliphatic heterocycles. The molecule has 2 aliphatic carbocycles. The van der Waals surface area contributed by atoms with E-state index in [1.165, 1.54) is 61.3 Å². The summed E-state index contributed by atoms with van der Waals surface area (Å²) >= 11 is 0. The summed E-state index contributed by atoms with van der Waals surface area (Å²) in [5.41, 5.74) is 21.3. The van der Waals surface area contributed by atoms with Crippen LogP contribution in [0.25, 0.3) is 44.8 Å². The Kier molecular flexibility index (Phi) is 14.1. The molecule has 3 atom stereocenters. The number of rotatable bonds is 11. The van der Waals surface area contributed by atoms with Crippen molar-refractivity contribution >= 4 is 17.1 Å². The third kappa shape index (κ3) is 9.71. The van der Waals surface area contributed by atoms with E-state index in [-0.39, 0.29) is 25.5 Å². The first-order chi connectivity index (χ1) is 34.5. The van der Waals surface area contributed by atoms with Gasteiger partial charge in [0, 0.05) is 55.0 Å². The number of nitrogens with zero attached hydrogens (tertiary/aromatic N) is 3. The van der Waals surface area contributed by atoms with Crippen LogP contribution in [0, 0.1) is 12.1 Å². The second-order valence-electron chi connectivity index (χ2n) is 18.8. The van der Waals surface area contributed by atoms with E-state index in [0.29, 0.717) is 11.8 Å². The Labute approximate surface area is 433 Å². The minimum Gasteiger partial charge on any atom is -0.311 e. The Morgan fingerprint density at radius 1 is 0.507 bits per heavy atom. The molecule has 0 fully saturated rings. The van der Waals surface area contributed by atoms with E-state index in [2.05, 4.69) is 217 Å². The van der Waals surface area contributed by atoms with Crippen molar-refractivity contribution in [2.75, 3.05) is 4.90 Å². The number of aromatic nitrogens is 2. The van der Waals surface area contributed by atoms with Gasteiger partial charge in [0.05, 0.1) is 0 Å². The minimum absolute atomic E-state index is 0. The van der Waals surface area contributed by atoms with Gasteiger partial charge in [-0.1, -0.05) is 147 Å². The van der Waals surface area contributed by atoms with Crippen molar-refractivity contribution in [3.8, 4) is 44.8 Å². The summed E-state index contributed by atoms with van der Waals surface area (Å²) < 4.78 is 0. The Morgan fingerprint density at radius 3 is 1.73 bits per heavy atom. The summed E-state index contributed by atoms with van der Waals surface area (Å²) in [5, 5.41) is 0. The molecule has 2 aliphatic rings. The van der Waals surface area contributed by atoms with Crippen molar-refractivity contribution in [2.45, 2.75) is 56.8 Å². The van der Waals surface area contributed by atoms with Crippen LogP contribution in [0.2, 0.25) is 0 Å². The van der Waals surface area contributed by atoms with Gasteiger partial charge in [-0.25, -0.2) is 0 Å². The van der Waals surface area contributed by atoms with Crippen LogP contribution in [-0.4, -0.2) is 9.97 Å². The summed E-state index contributed by atoms with van der Waals surface area (Å²) in [7, 11) is 0. The van der Waals surface area contributed by atoms with Crippen LogP contribution >= 0.6 is 0 Å². The Balaban J connectivity index is 0.000000391. The number of benzene rings is 8. The van der Waals surface area contributed by atoms with E-state index in [1.807, 2.05) is 54.7 Å². The molecule has 3 unspecified atom stereocenters. The van der Waals surface area contributed by atoms with Gasteiger partial charge in [0.1, 0.15) is 0 Å². The van der Waals surface area contributed by atoms with Crippen LogP contribution in [0.3, 0.4) is 0 Å². The van der Waals surface area contributed by atoms with Crippen LogP contribution in [0.15, 0.2) is 237 Å². The van der Waals surface area contributed by atoms with E-state index in [4.69, 9.17) is 0 Å². The van der Waals surface area contributed by atoms with Crippen LogP contribution in [-0.2, 0) is 38.4 Å². The molecule has 0 N–H and O–H groups in total. The molecular weight excluding hydrogens is 1040 g/mol. The van der Waals surface area contributed by atoms with Gasteiger partial charge >= 0.3 is 0 Å². The number of pyridine rings is 2. The van der Waals surface area contributed by atoms with Crippen LogP contribution < -0.4 is 4.90 Å². The average molecular weight is 1090 g/mol. The SMILES string of the molecule is CCC(CC(C)c1ccc(N(c2ccccc2)c2ccccc2)cc1)c1ccc(-c2ccc3c(c2)C2(Cc4c[c-]c(-c5ccccn5)cc4C2)c2ccccc2-3)cc1.[Ir].[c-]1ccccc1-c1ccccn1. The van der Waals surface area contributed by atoms with Gasteiger partial charge in [-0.15, -0.1) is 70.8 Å². The second-order valence-corrected chi connectivity index (χ2v) is 18.8. The Hall–Kier alpha value is -7.49. The molecule has 349 valence electrons. The number of fused-ring (bicyclic) bond motifs is 6. The summed E-state index contributed by atoms with van der Waals surface area (Å²) in [6.45, 7) is 4.72. The predicted octanol–water partition coefficient (Wildman–Crippen LogP) is 17.0. The fraction of sp³-hybridized carbons (Fsp3) is 0.134. The van der Waals surface area contributed by atoms with Gasteiger partial charge in [-0.05, 0) is 148 Å². The minimum atomic E-state index is -0.0795. The maximum atomic E-state index is 4.62. The molecule has 1 spiro atoms. The van der Waals surface area contributed by atoms with Crippen LogP contribution in [0.5, 0.6) is 0 Å². The molecular formula is C67H55IrN3-2. The van der Waals surface area contributed by atoms with Gasteiger partial charge in [-0.3, -0.25) is 0 Å².